The molecule has 0 aliphatic carbocycles. The third-order valence-corrected chi connectivity index (χ3v) is 5.26. The number of carbonyl (C=O) groups excluding carboxylic acids is 1. The summed E-state index contributed by atoms with van der Waals surface area (Å²) in [6.07, 6.45) is 0. The summed E-state index contributed by atoms with van der Waals surface area (Å²) in [5.74, 6) is 0.418. The molecule has 3 N–H and O–H groups in total. The van der Waals surface area contributed by atoms with E-state index in [0.717, 1.165) is 0 Å². The molecule has 0 atom stereocenters. The quantitative estimate of drug-likeness (QED) is 0.777. The minimum absolute atomic E-state index is 0. The molecule has 0 saturated heterocycles. The van der Waals surface area contributed by atoms with Crippen LogP contribution in [0.4, 0.5) is 5.69 Å². The van der Waals surface area contributed by atoms with Gasteiger partial charge in [-0.1, -0.05) is 19.1 Å². The molecule has 0 saturated carbocycles. The maximum atomic E-state index is 12.1. The Kier molecular flexibility index (Phi) is 7.20. The first-order valence-corrected chi connectivity index (χ1v) is 9.49. The largest absolute Gasteiger partial charge is 0.456 e. The molecule has 0 spiro atoms. The third-order valence-electron chi connectivity index (χ3n) is 3.49. The highest BCUT2D eigenvalue weighted by atomic mass is 35.5. The summed E-state index contributed by atoms with van der Waals surface area (Å²) in [5, 5.41) is 2.70. The first kappa shape index (κ1) is 22.0. The fourth-order valence-electron chi connectivity index (χ4n) is 1.97. The van der Waals surface area contributed by atoms with Crippen LogP contribution in [0.2, 0.25) is 0 Å². The van der Waals surface area contributed by atoms with Crippen molar-refractivity contribution in [1.82, 2.24) is 0 Å². The lowest BCUT2D eigenvalue weighted by Gasteiger charge is -2.18. The molecule has 0 aliphatic heterocycles. The molecule has 142 valence electrons. The van der Waals surface area contributed by atoms with Gasteiger partial charge >= 0.3 is 0 Å². The van der Waals surface area contributed by atoms with Gasteiger partial charge in [0.05, 0.1) is 11.3 Å². The molecule has 0 heterocycles. The zero-order valence-electron chi connectivity index (χ0n) is 14.9. The normalized spacial score (nSPS) is 11.4. The second-order valence-corrected chi connectivity index (χ2v) is 8.40. The van der Waals surface area contributed by atoms with Crippen LogP contribution in [0.25, 0.3) is 0 Å². The van der Waals surface area contributed by atoms with E-state index in [1.165, 1.54) is 6.07 Å². The lowest BCUT2D eigenvalue weighted by Crippen LogP contribution is -2.45. The van der Waals surface area contributed by atoms with Gasteiger partial charge in [0.25, 0.3) is 0 Å². The van der Waals surface area contributed by atoms with Crippen molar-refractivity contribution >= 4 is 33.8 Å². The number of ether oxygens (including phenoxy) is 1. The summed E-state index contributed by atoms with van der Waals surface area (Å²) in [7, 11) is -3.39. The van der Waals surface area contributed by atoms with Gasteiger partial charge in [-0.25, -0.2) is 8.42 Å². The molecule has 26 heavy (non-hydrogen) atoms. The highest BCUT2D eigenvalue weighted by Crippen LogP contribution is 2.30. The van der Waals surface area contributed by atoms with E-state index in [1.54, 1.807) is 63.2 Å². The highest BCUT2D eigenvalue weighted by Gasteiger charge is 2.22. The summed E-state index contributed by atoms with van der Waals surface area (Å²) < 4.78 is 30.0. The number of amides is 1. The van der Waals surface area contributed by atoms with E-state index in [9.17, 15) is 13.2 Å². The van der Waals surface area contributed by atoms with Gasteiger partial charge in [0.2, 0.25) is 5.91 Å². The fourth-order valence-corrected chi connectivity index (χ4v) is 2.99. The lowest BCUT2D eigenvalue weighted by molar-refractivity contribution is -0.120. The Balaban J connectivity index is 0.00000338. The standard InChI is InChI=1S/C18H22N2O4S.ClH/c1-4-25(22,23)16-8-6-5-7-15(16)24-14-11-9-13(10-12-14)20-17(21)18(2,3)19;/h5-12H,4,19H2,1-3H3,(H,20,21);1H. The molecule has 0 radical (unpaired) electrons. The Morgan fingerprint density at radius 1 is 1.12 bits per heavy atom. The highest BCUT2D eigenvalue weighted by molar-refractivity contribution is 7.91. The molecular weight excluding hydrogens is 376 g/mol. The second-order valence-electron chi connectivity index (χ2n) is 6.15. The van der Waals surface area contributed by atoms with Gasteiger partial charge in [-0.3, -0.25) is 4.79 Å². The number of carbonyl (C=O) groups is 1. The number of sulfone groups is 1. The van der Waals surface area contributed by atoms with E-state index in [4.69, 9.17) is 10.5 Å². The van der Waals surface area contributed by atoms with Gasteiger partial charge in [0.15, 0.2) is 9.84 Å². The van der Waals surface area contributed by atoms with E-state index in [2.05, 4.69) is 5.32 Å². The summed E-state index contributed by atoms with van der Waals surface area (Å²) in [6, 6.07) is 13.1. The predicted octanol–water partition coefficient (Wildman–Crippen LogP) is 3.37. The average Bonchev–Trinajstić information content (AvgIpc) is 2.56. The van der Waals surface area contributed by atoms with E-state index < -0.39 is 15.4 Å². The number of nitrogens with one attached hydrogen (secondary N) is 1. The van der Waals surface area contributed by atoms with Crippen LogP contribution in [-0.2, 0) is 14.6 Å². The van der Waals surface area contributed by atoms with Crippen molar-refractivity contribution in [1.29, 1.82) is 0 Å². The molecule has 0 aliphatic rings. The molecule has 0 unspecified atom stereocenters. The van der Waals surface area contributed by atoms with E-state index in [-0.39, 0.29) is 34.7 Å². The predicted molar refractivity (Wildman–Crippen MR) is 105 cm³/mol. The van der Waals surface area contributed by atoms with Crippen molar-refractivity contribution in [3.63, 3.8) is 0 Å². The van der Waals surface area contributed by atoms with Crippen LogP contribution in [-0.4, -0.2) is 25.6 Å². The maximum Gasteiger partial charge on any atom is 0.243 e. The number of rotatable bonds is 6. The Bertz CT molecular complexity index is 860. The zero-order valence-corrected chi connectivity index (χ0v) is 16.5. The van der Waals surface area contributed by atoms with Crippen molar-refractivity contribution in [3.05, 3.63) is 48.5 Å². The van der Waals surface area contributed by atoms with Gasteiger partial charge in [0, 0.05) is 5.69 Å². The average molecular weight is 399 g/mol. The number of para-hydroxylation sites is 1. The smallest absolute Gasteiger partial charge is 0.243 e. The Hall–Kier alpha value is -2.09. The van der Waals surface area contributed by atoms with Gasteiger partial charge in [-0.05, 0) is 50.2 Å². The van der Waals surface area contributed by atoms with Crippen LogP contribution < -0.4 is 15.8 Å². The topological polar surface area (TPSA) is 98.5 Å². The van der Waals surface area contributed by atoms with Crippen molar-refractivity contribution in [2.24, 2.45) is 5.73 Å². The third kappa shape index (κ3) is 5.45. The monoisotopic (exact) mass is 398 g/mol. The summed E-state index contributed by atoms with van der Waals surface area (Å²) >= 11 is 0. The Labute approximate surface area is 160 Å². The molecule has 1 amide bonds. The molecule has 0 aromatic heterocycles. The van der Waals surface area contributed by atoms with Crippen LogP contribution in [0.15, 0.2) is 53.4 Å². The van der Waals surface area contributed by atoms with Crippen LogP contribution in [0.5, 0.6) is 11.5 Å². The molecule has 6 nitrogen and oxygen atoms in total. The number of nitrogens with two attached hydrogens (primary N) is 1. The van der Waals surface area contributed by atoms with Gasteiger partial charge < -0.3 is 15.8 Å². The Morgan fingerprint density at radius 3 is 2.23 bits per heavy atom. The van der Waals surface area contributed by atoms with Crippen molar-refractivity contribution in [3.8, 4) is 11.5 Å². The molecule has 0 fully saturated rings. The van der Waals surface area contributed by atoms with E-state index in [1.807, 2.05) is 0 Å². The number of hydrogen-bond acceptors (Lipinski definition) is 5. The minimum atomic E-state index is -3.39. The summed E-state index contributed by atoms with van der Waals surface area (Å²) in [6.45, 7) is 4.82. The van der Waals surface area contributed by atoms with Crippen LogP contribution in [0.3, 0.4) is 0 Å². The number of hydrogen-bond donors (Lipinski definition) is 2. The molecular formula is C18H23ClN2O4S. The number of anilines is 1. The van der Waals surface area contributed by atoms with Crippen molar-refractivity contribution in [2.45, 2.75) is 31.2 Å². The SMILES string of the molecule is CCS(=O)(=O)c1ccccc1Oc1ccc(NC(=O)C(C)(C)N)cc1.Cl. The first-order chi connectivity index (χ1) is 11.6. The molecule has 2 aromatic rings. The molecule has 0 bridgehead atoms. The maximum absolute atomic E-state index is 12.1. The van der Waals surface area contributed by atoms with E-state index >= 15 is 0 Å². The fraction of sp³-hybridized carbons (Fsp3) is 0.278. The summed E-state index contributed by atoms with van der Waals surface area (Å²) in [4.78, 5) is 12.0. The summed E-state index contributed by atoms with van der Waals surface area (Å²) in [5.41, 5.74) is 5.33. The van der Waals surface area contributed by atoms with Crippen LogP contribution in [0, 0.1) is 0 Å². The van der Waals surface area contributed by atoms with Gasteiger partial charge in [0.1, 0.15) is 16.4 Å². The second kappa shape index (κ2) is 8.53. The first-order valence-electron chi connectivity index (χ1n) is 7.83. The van der Waals surface area contributed by atoms with Crippen LogP contribution in [0.1, 0.15) is 20.8 Å². The van der Waals surface area contributed by atoms with Crippen LogP contribution >= 0.6 is 12.4 Å². The van der Waals surface area contributed by atoms with Gasteiger partial charge in [-0.2, -0.15) is 0 Å². The molecule has 2 aromatic carbocycles. The minimum Gasteiger partial charge on any atom is -0.456 e. The van der Waals surface area contributed by atoms with Crippen molar-refractivity contribution in [2.75, 3.05) is 11.1 Å². The zero-order chi connectivity index (χ0) is 18.7. The van der Waals surface area contributed by atoms with E-state index in [0.29, 0.717) is 11.4 Å². The number of benzene rings is 2. The van der Waals surface area contributed by atoms with Gasteiger partial charge in [-0.15, -0.1) is 12.4 Å². The molecule has 8 heteroatoms. The van der Waals surface area contributed by atoms with Crippen molar-refractivity contribution < 1.29 is 17.9 Å². The Morgan fingerprint density at radius 2 is 1.69 bits per heavy atom. The lowest BCUT2D eigenvalue weighted by atomic mass is 10.1. The molecule has 2 rings (SSSR count). The number of halogens is 1.